The number of amides is 1. The zero-order valence-corrected chi connectivity index (χ0v) is 16.3. The van der Waals surface area contributed by atoms with Gasteiger partial charge in [0.1, 0.15) is 5.82 Å². The SMILES string of the molecule is Cc1c(C(=O)N2CCCN(Cc3ccccc3F)CC2)sc2ccccc12. The molecular weight excluding hydrogens is 359 g/mol. The van der Waals surface area contributed by atoms with E-state index in [1.165, 1.54) is 11.5 Å². The van der Waals surface area contributed by atoms with E-state index in [9.17, 15) is 9.18 Å². The molecule has 0 aliphatic carbocycles. The smallest absolute Gasteiger partial charge is 0.264 e. The Balaban J connectivity index is 1.46. The van der Waals surface area contributed by atoms with Crippen LogP contribution in [0, 0.1) is 12.7 Å². The largest absolute Gasteiger partial charge is 0.337 e. The van der Waals surface area contributed by atoms with Gasteiger partial charge >= 0.3 is 0 Å². The van der Waals surface area contributed by atoms with Gasteiger partial charge in [0, 0.05) is 43.0 Å². The van der Waals surface area contributed by atoms with Gasteiger partial charge in [-0.25, -0.2) is 4.39 Å². The summed E-state index contributed by atoms with van der Waals surface area (Å²) in [7, 11) is 0. The fourth-order valence-corrected chi connectivity index (χ4v) is 4.90. The Kier molecular flexibility index (Phi) is 5.23. The molecule has 140 valence electrons. The molecule has 0 bridgehead atoms. The predicted molar refractivity (Wildman–Crippen MR) is 109 cm³/mol. The van der Waals surface area contributed by atoms with Gasteiger partial charge in [-0.3, -0.25) is 9.69 Å². The van der Waals surface area contributed by atoms with Gasteiger partial charge in [-0.05, 0) is 36.4 Å². The molecule has 2 aromatic carbocycles. The summed E-state index contributed by atoms with van der Waals surface area (Å²) in [5, 5.41) is 1.17. The van der Waals surface area contributed by atoms with Gasteiger partial charge in [0.15, 0.2) is 0 Å². The quantitative estimate of drug-likeness (QED) is 0.656. The van der Waals surface area contributed by atoms with E-state index in [4.69, 9.17) is 0 Å². The first-order chi connectivity index (χ1) is 13.1. The van der Waals surface area contributed by atoms with Crippen molar-refractivity contribution in [3.8, 4) is 0 Å². The molecule has 1 amide bonds. The highest BCUT2D eigenvalue weighted by atomic mass is 32.1. The highest BCUT2D eigenvalue weighted by Gasteiger charge is 2.24. The van der Waals surface area contributed by atoms with Crippen molar-refractivity contribution >= 4 is 27.3 Å². The van der Waals surface area contributed by atoms with E-state index >= 15 is 0 Å². The van der Waals surface area contributed by atoms with Crippen LogP contribution in [-0.4, -0.2) is 41.9 Å². The van der Waals surface area contributed by atoms with Gasteiger partial charge in [-0.1, -0.05) is 36.4 Å². The van der Waals surface area contributed by atoms with Gasteiger partial charge in [-0.2, -0.15) is 0 Å². The second-order valence-electron chi connectivity index (χ2n) is 7.07. The van der Waals surface area contributed by atoms with Crippen molar-refractivity contribution in [1.29, 1.82) is 0 Å². The molecule has 2 heterocycles. The number of carbonyl (C=O) groups is 1. The number of rotatable bonds is 3. The molecule has 1 aliphatic rings. The number of benzene rings is 2. The Morgan fingerprint density at radius 1 is 1.04 bits per heavy atom. The minimum atomic E-state index is -0.157. The minimum absolute atomic E-state index is 0.126. The first kappa shape index (κ1) is 18.1. The van der Waals surface area contributed by atoms with Crippen molar-refractivity contribution in [3.05, 3.63) is 70.4 Å². The van der Waals surface area contributed by atoms with Gasteiger partial charge in [-0.15, -0.1) is 11.3 Å². The van der Waals surface area contributed by atoms with Crippen LogP contribution in [-0.2, 0) is 6.54 Å². The van der Waals surface area contributed by atoms with E-state index in [0.29, 0.717) is 13.1 Å². The van der Waals surface area contributed by atoms with E-state index in [1.807, 2.05) is 36.1 Å². The molecule has 3 nitrogen and oxygen atoms in total. The highest BCUT2D eigenvalue weighted by Crippen LogP contribution is 2.31. The first-order valence-corrected chi connectivity index (χ1v) is 10.2. The minimum Gasteiger partial charge on any atom is -0.337 e. The molecule has 5 heteroatoms. The second kappa shape index (κ2) is 7.79. The van der Waals surface area contributed by atoms with Crippen LogP contribution in [0.5, 0.6) is 0 Å². The molecule has 27 heavy (non-hydrogen) atoms. The summed E-state index contributed by atoms with van der Waals surface area (Å²) in [6.45, 7) is 5.71. The summed E-state index contributed by atoms with van der Waals surface area (Å²) >= 11 is 1.58. The number of thiophene rings is 1. The van der Waals surface area contributed by atoms with Gasteiger partial charge in [0.05, 0.1) is 4.88 Å². The van der Waals surface area contributed by atoms with Crippen LogP contribution in [0.3, 0.4) is 0 Å². The number of carbonyl (C=O) groups excluding carboxylic acids is 1. The number of hydrogen-bond donors (Lipinski definition) is 0. The maximum atomic E-state index is 13.9. The number of halogens is 1. The number of hydrogen-bond acceptors (Lipinski definition) is 3. The van der Waals surface area contributed by atoms with Crippen LogP contribution < -0.4 is 0 Å². The molecule has 0 atom stereocenters. The standard InChI is InChI=1S/C22H23FN2OS/c1-16-18-8-3-5-10-20(18)27-21(16)22(26)25-12-6-11-24(13-14-25)15-17-7-2-4-9-19(17)23/h2-5,7-10H,6,11-15H2,1H3. The maximum absolute atomic E-state index is 13.9. The van der Waals surface area contributed by atoms with E-state index in [2.05, 4.69) is 17.0 Å². The Labute approximate surface area is 163 Å². The fourth-order valence-electron chi connectivity index (χ4n) is 3.72. The molecule has 4 rings (SSSR count). The topological polar surface area (TPSA) is 23.6 Å². The van der Waals surface area contributed by atoms with Gasteiger partial charge in [0.2, 0.25) is 0 Å². The molecule has 1 aromatic heterocycles. The molecule has 3 aromatic rings. The Morgan fingerprint density at radius 2 is 1.81 bits per heavy atom. The average Bonchev–Trinajstić information content (AvgIpc) is 2.86. The normalized spacial score (nSPS) is 15.9. The third-order valence-corrected chi connectivity index (χ3v) is 6.53. The summed E-state index contributed by atoms with van der Waals surface area (Å²) in [6, 6.07) is 15.1. The average molecular weight is 383 g/mol. The van der Waals surface area contributed by atoms with Crippen molar-refractivity contribution in [2.24, 2.45) is 0 Å². The van der Waals surface area contributed by atoms with Crippen molar-refractivity contribution < 1.29 is 9.18 Å². The van der Waals surface area contributed by atoms with Gasteiger partial charge in [0.25, 0.3) is 5.91 Å². The van der Waals surface area contributed by atoms with Crippen molar-refractivity contribution in [3.63, 3.8) is 0 Å². The number of nitrogens with zero attached hydrogens (tertiary/aromatic N) is 2. The molecular formula is C22H23FN2OS. The maximum Gasteiger partial charge on any atom is 0.264 e. The summed E-state index contributed by atoms with van der Waals surface area (Å²) in [5.41, 5.74) is 1.80. The Hall–Kier alpha value is -2.24. The first-order valence-electron chi connectivity index (χ1n) is 9.36. The molecule has 1 saturated heterocycles. The Morgan fingerprint density at radius 3 is 2.63 bits per heavy atom. The van der Waals surface area contributed by atoms with E-state index in [-0.39, 0.29) is 11.7 Å². The lowest BCUT2D eigenvalue weighted by atomic mass is 10.1. The molecule has 0 saturated carbocycles. The van der Waals surface area contributed by atoms with Crippen LogP contribution in [0.4, 0.5) is 4.39 Å². The molecule has 0 radical (unpaired) electrons. The van der Waals surface area contributed by atoms with Gasteiger partial charge < -0.3 is 4.90 Å². The Bertz CT molecular complexity index is 968. The lowest BCUT2D eigenvalue weighted by molar-refractivity contribution is 0.0765. The van der Waals surface area contributed by atoms with Crippen LogP contribution in [0.15, 0.2) is 48.5 Å². The molecule has 1 fully saturated rings. The lowest BCUT2D eigenvalue weighted by Crippen LogP contribution is -2.35. The zero-order chi connectivity index (χ0) is 18.8. The predicted octanol–water partition coefficient (Wildman–Crippen LogP) is 4.70. The highest BCUT2D eigenvalue weighted by molar-refractivity contribution is 7.21. The van der Waals surface area contributed by atoms with Crippen LogP contribution >= 0.6 is 11.3 Å². The molecule has 0 spiro atoms. The molecule has 0 unspecified atom stereocenters. The van der Waals surface area contributed by atoms with Crippen molar-refractivity contribution in [1.82, 2.24) is 9.80 Å². The van der Waals surface area contributed by atoms with Crippen LogP contribution in [0.25, 0.3) is 10.1 Å². The van der Waals surface area contributed by atoms with Crippen LogP contribution in [0.1, 0.15) is 27.2 Å². The third-order valence-electron chi connectivity index (χ3n) is 5.27. The number of aryl methyl sites for hydroxylation is 1. The van der Waals surface area contributed by atoms with E-state index < -0.39 is 0 Å². The van der Waals surface area contributed by atoms with E-state index in [1.54, 1.807) is 17.4 Å². The van der Waals surface area contributed by atoms with Crippen LogP contribution in [0.2, 0.25) is 0 Å². The summed E-state index contributed by atoms with van der Waals surface area (Å²) in [6.07, 6.45) is 0.907. The van der Waals surface area contributed by atoms with E-state index in [0.717, 1.165) is 46.8 Å². The fraction of sp³-hybridized carbons (Fsp3) is 0.318. The number of fused-ring (bicyclic) bond motifs is 1. The lowest BCUT2D eigenvalue weighted by Gasteiger charge is -2.22. The summed E-state index contributed by atoms with van der Waals surface area (Å²) in [4.78, 5) is 18.2. The molecule has 0 N–H and O–H groups in total. The van der Waals surface area contributed by atoms with Crippen molar-refractivity contribution in [2.45, 2.75) is 19.9 Å². The zero-order valence-electron chi connectivity index (χ0n) is 15.5. The van der Waals surface area contributed by atoms with Crippen molar-refractivity contribution in [2.75, 3.05) is 26.2 Å². The monoisotopic (exact) mass is 382 g/mol. The summed E-state index contributed by atoms with van der Waals surface area (Å²) < 4.78 is 15.1. The summed E-state index contributed by atoms with van der Waals surface area (Å²) in [5.74, 6) is -0.0305. The third kappa shape index (κ3) is 3.75. The molecule has 1 aliphatic heterocycles. The second-order valence-corrected chi connectivity index (χ2v) is 8.12.